The number of aromatic nitrogens is 4. The van der Waals surface area contributed by atoms with E-state index in [2.05, 4.69) is 25.3 Å². The summed E-state index contributed by atoms with van der Waals surface area (Å²) in [7, 11) is 0. The van der Waals surface area contributed by atoms with Gasteiger partial charge in [-0.05, 0) is 35.9 Å². The predicted octanol–water partition coefficient (Wildman–Crippen LogP) is 5.68. The van der Waals surface area contributed by atoms with E-state index in [0.29, 0.717) is 28.0 Å². The van der Waals surface area contributed by atoms with Gasteiger partial charge in [-0.25, -0.2) is 4.98 Å². The van der Waals surface area contributed by atoms with Crippen molar-refractivity contribution in [2.24, 2.45) is 0 Å². The van der Waals surface area contributed by atoms with Crippen LogP contribution in [0.1, 0.15) is 11.4 Å². The Kier molecular flexibility index (Phi) is 6.05. The monoisotopic (exact) mass is 447 g/mol. The molecule has 0 unspecified atom stereocenters. The van der Waals surface area contributed by atoms with Crippen molar-refractivity contribution < 1.29 is 0 Å². The second-order valence-electron chi connectivity index (χ2n) is 5.14. The zero-order valence-corrected chi connectivity index (χ0v) is 16.7. The molecular formula is C16H10Cl5N5. The van der Waals surface area contributed by atoms with Crippen LogP contribution in [0.5, 0.6) is 0 Å². The summed E-state index contributed by atoms with van der Waals surface area (Å²) in [6.07, 6.45) is 3.39. The molecule has 0 spiro atoms. The lowest BCUT2D eigenvalue weighted by molar-refractivity contribution is 0.913. The quantitative estimate of drug-likeness (QED) is 0.519. The maximum atomic E-state index is 6.07. The van der Waals surface area contributed by atoms with Crippen LogP contribution >= 0.6 is 58.0 Å². The van der Waals surface area contributed by atoms with Gasteiger partial charge in [-0.2, -0.15) is 9.97 Å². The zero-order chi connectivity index (χ0) is 18.7. The number of nitrogens with zero attached hydrogens (tertiary/aromatic N) is 4. The molecule has 0 saturated heterocycles. The van der Waals surface area contributed by atoms with E-state index in [9.17, 15) is 0 Å². The third-order valence-corrected chi connectivity index (χ3v) is 4.51. The van der Waals surface area contributed by atoms with Crippen molar-refractivity contribution in [1.82, 2.24) is 19.9 Å². The zero-order valence-electron chi connectivity index (χ0n) is 12.9. The minimum Gasteiger partial charge on any atom is -0.350 e. The van der Waals surface area contributed by atoms with Gasteiger partial charge in [0.1, 0.15) is 0 Å². The van der Waals surface area contributed by atoms with Crippen LogP contribution in [0, 0.1) is 0 Å². The molecule has 0 atom stereocenters. The highest BCUT2D eigenvalue weighted by molar-refractivity contribution is 6.66. The lowest BCUT2D eigenvalue weighted by atomic mass is 10.2. The van der Waals surface area contributed by atoms with Crippen LogP contribution < -0.4 is 5.32 Å². The number of rotatable bonds is 4. The van der Waals surface area contributed by atoms with Gasteiger partial charge in [0.05, 0.1) is 10.0 Å². The summed E-state index contributed by atoms with van der Waals surface area (Å²) in [4.78, 5) is 16.8. The highest BCUT2D eigenvalue weighted by Crippen LogP contribution is 2.37. The van der Waals surface area contributed by atoms with Crippen LogP contribution in [-0.2, 0) is 10.3 Å². The number of hydrogen-bond acceptors (Lipinski definition) is 5. The van der Waals surface area contributed by atoms with E-state index in [1.807, 2.05) is 12.1 Å². The smallest absolute Gasteiger partial charge is 0.250 e. The van der Waals surface area contributed by atoms with E-state index < -0.39 is 3.79 Å². The largest absolute Gasteiger partial charge is 0.350 e. The highest BCUT2D eigenvalue weighted by Gasteiger charge is 2.28. The standard InChI is InChI=1S/C16H10Cl5N5/c17-11-2-1-10(7-12(11)18)13-24-14(16(19,20)21)26-15(25-13)23-8-9-3-5-22-6-4-9/h1-7H,8H2,(H,23,24,25,26). The Morgan fingerprint density at radius 3 is 2.27 bits per heavy atom. The van der Waals surface area contributed by atoms with Gasteiger partial charge in [-0.3, -0.25) is 4.98 Å². The van der Waals surface area contributed by atoms with Crippen molar-refractivity contribution in [1.29, 1.82) is 0 Å². The van der Waals surface area contributed by atoms with Gasteiger partial charge in [-0.15, -0.1) is 0 Å². The van der Waals surface area contributed by atoms with Crippen molar-refractivity contribution in [2.45, 2.75) is 10.3 Å². The lowest BCUT2D eigenvalue weighted by Gasteiger charge is -2.13. The van der Waals surface area contributed by atoms with Crippen LogP contribution in [0.15, 0.2) is 42.7 Å². The molecule has 0 amide bonds. The van der Waals surface area contributed by atoms with Crippen LogP contribution in [0.2, 0.25) is 10.0 Å². The number of halogens is 5. The first kappa shape index (κ1) is 19.4. The number of alkyl halides is 3. The predicted molar refractivity (Wildman–Crippen MR) is 106 cm³/mol. The first-order valence-electron chi connectivity index (χ1n) is 7.24. The highest BCUT2D eigenvalue weighted by atomic mass is 35.6. The lowest BCUT2D eigenvalue weighted by Crippen LogP contribution is -2.13. The summed E-state index contributed by atoms with van der Waals surface area (Å²) in [6.45, 7) is 0.465. The molecule has 134 valence electrons. The second-order valence-corrected chi connectivity index (χ2v) is 8.24. The van der Waals surface area contributed by atoms with E-state index in [1.165, 1.54) is 0 Å². The molecule has 0 aliphatic carbocycles. The van der Waals surface area contributed by atoms with Gasteiger partial charge < -0.3 is 5.32 Å². The number of benzene rings is 1. The molecule has 0 fully saturated rings. The fraction of sp³-hybridized carbons (Fsp3) is 0.125. The third-order valence-electron chi connectivity index (χ3n) is 3.27. The SMILES string of the molecule is Clc1ccc(-c2nc(NCc3ccncc3)nc(C(Cl)(Cl)Cl)n2)cc1Cl. The van der Waals surface area contributed by atoms with E-state index in [0.717, 1.165) is 5.56 Å². The average Bonchev–Trinajstić information content (AvgIpc) is 2.62. The molecule has 0 saturated carbocycles. The van der Waals surface area contributed by atoms with E-state index in [4.69, 9.17) is 58.0 Å². The summed E-state index contributed by atoms with van der Waals surface area (Å²) in [5.74, 6) is 0.562. The molecule has 0 aliphatic heterocycles. The van der Waals surface area contributed by atoms with Gasteiger partial charge >= 0.3 is 0 Å². The number of hydrogen-bond donors (Lipinski definition) is 1. The van der Waals surface area contributed by atoms with Crippen molar-refractivity contribution in [3.8, 4) is 11.4 Å². The first-order valence-corrected chi connectivity index (χ1v) is 9.13. The molecule has 0 bridgehead atoms. The first-order chi connectivity index (χ1) is 12.3. The fourth-order valence-electron chi connectivity index (χ4n) is 2.03. The molecule has 0 radical (unpaired) electrons. The molecule has 5 nitrogen and oxygen atoms in total. The third kappa shape index (κ3) is 4.87. The van der Waals surface area contributed by atoms with Gasteiger partial charge in [0, 0.05) is 24.5 Å². The molecule has 2 aromatic heterocycles. The summed E-state index contributed by atoms with van der Waals surface area (Å²) in [5, 5.41) is 3.87. The maximum absolute atomic E-state index is 6.07. The minimum absolute atomic E-state index is 0.00389. The van der Waals surface area contributed by atoms with Gasteiger partial charge in [0.15, 0.2) is 11.6 Å². The Bertz CT molecular complexity index is 915. The van der Waals surface area contributed by atoms with Gasteiger partial charge in [0.2, 0.25) is 9.74 Å². The van der Waals surface area contributed by atoms with Crippen molar-refractivity contribution >= 4 is 64.0 Å². The van der Waals surface area contributed by atoms with E-state index >= 15 is 0 Å². The van der Waals surface area contributed by atoms with Gasteiger partial charge in [0.25, 0.3) is 0 Å². The Morgan fingerprint density at radius 2 is 1.62 bits per heavy atom. The molecule has 1 aromatic carbocycles. The topological polar surface area (TPSA) is 63.6 Å². The van der Waals surface area contributed by atoms with Crippen molar-refractivity contribution in [3.63, 3.8) is 0 Å². The second kappa shape index (κ2) is 8.11. The molecule has 2 heterocycles. The Labute approximate surface area is 174 Å². The summed E-state index contributed by atoms with van der Waals surface area (Å²) < 4.78 is -1.80. The number of pyridine rings is 1. The van der Waals surface area contributed by atoms with Crippen LogP contribution in [-0.4, -0.2) is 19.9 Å². The molecule has 10 heteroatoms. The molecule has 0 aliphatic rings. The molecule has 3 rings (SSSR count). The molecule has 1 N–H and O–H groups in total. The maximum Gasteiger partial charge on any atom is 0.250 e. The van der Waals surface area contributed by atoms with E-state index in [-0.39, 0.29) is 11.8 Å². The Hall–Kier alpha value is -1.37. The van der Waals surface area contributed by atoms with Gasteiger partial charge in [-0.1, -0.05) is 58.0 Å². The Morgan fingerprint density at radius 1 is 0.885 bits per heavy atom. The Balaban J connectivity index is 1.97. The summed E-state index contributed by atoms with van der Waals surface area (Å²) in [6, 6.07) is 8.72. The van der Waals surface area contributed by atoms with Crippen LogP contribution in [0.4, 0.5) is 5.95 Å². The fourth-order valence-corrected chi connectivity index (χ4v) is 2.58. The van der Waals surface area contributed by atoms with Crippen LogP contribution in [0.3, 0.4) is 0 Å². The molecular weight excluding hydrogens is 439 g/mol. The summed E-state index contributed by atoms with van der Waals surface area (Å²) in [5.41, 5.74) is 1.61. The van der Waals surface area contributed by atoms with E-state index in [1.54, 1.807) is 30.6 Å². The number of nitrogens with one attached hydrogen (secondary N) is 1. The molecule has 26 heavy (non-hydrogen) atoms. The van der Waals surface area contributed by atoms with Crippen molar-refractivity contribution in [3.05, 3.63) is 64.2 Å². The average molecular weight is 450 g/mol. The normalized spacial score (nSPS) is 11.4. The van der Waals surface area contributed by atoms with Crippen molar-refractivity contribution in [2.75, 3.05) is 5.32 Å². The summed E-state index contributed by atoms with van der Waals surface area (Å²) >= 11 is 29.9. The van der Waals surface area contributed by atoms with Crippen LogP contribution in [0.25, 0.3) is 11.4 Å². The molecule has 3 aromatic rings. The number of anilines is 1. The minimum atomic E-state index is -1.80.